The first-order chi connectivity index (χ1) is 17.4. The van der Waals surface area contributed by atoms with Gasteiger partial charge >= 0.3 is 5.97 Å². The molecule has 0 aliphatic carbocycles. The highest BCUT2D eigenvalue weighted by molar-refractivity contribution is 8.29. The van der Waals surface area contributed by atoms with Gasteiger partial charge < -0.3 is 4.74 Å². The van der Waals surface area contributed by atoms with Crippen LogP contribution < -0.4 is 9.91 Å². The third-order valence-corrected chi connectivity index (χ3v) is 8.44. The molecule has 3 aromatic rings. The monoisotopic (exact) mass is 515 g/mol. The van der Waals surface area contributed by atoms with Crippen LogP contribution in [0.25, 0.3) is 6.08 Å². The fourth-order valence-electron chi connectivity index (χ4n) is 3.96. The van der Waals surface area contributed by atoms with E-state index in [-0.39, 0.29) is 17.6 Å². The topological polar surface area (TPSA) is 62.2 Å². The van der Waals surface area contributed by atoms with Crippen LogP contribution in [0.15, 0.2) is 88.9 Å². The molecule has 2 heterocycles. The van der Waals surface area contributed by atoms with Gasteiger partial charge in [-0.15, -0.1) is 0 Å². The Morgan fingerprint density at radius 3 is 2.19 bits per heavy atom. The van der Waals surface area contributed by atoms with Gasteiger partial charge in [-0.3, -0.25) is 9.69 Å². The molecule has 0 radical (unpaired) electrons. The number of thioether (sulfide) groups is 2. The molecule has 36 heavy (non-hydrogen) atoms. The van der Waals surface area contributed by atoms with Gasteiger partial charge in [-0.25, -0.2) is 9.80 Å². The van der Waals surface area contributed by atoms with Crippen LogP contribution in [0.5, 0.6) is 0 Å². The molecule has 1 unspecified atom stereocenters. The maximum Gasteiger partial charge on any atom is 0.365 e. The number of hydrazone groups is 1. The number of carbonyl (C=O) groups is 2. The molecule has 1 atom stereocenters. The number of rotatable bonds is 5. The third-order valence-electron chi connectivity index (χ3n) is 5.75. The lowest BCUT2D eigenvalue weighted by Gasteiger charge is -2.38. The van der Waals surface area contributed by atoms with Crippen molar-refractivity contribution in [2.24, 2.45) is 5.10 Å². The van der Waals surface area contributed by atoms with Crippen LogP contribution >= 0.6 is 23.5 Å². The Hall–Kier alpha value is -3.49. The number of carbonyl (C=O) groups excluding carboxylic acids is 2. The van der Waals surface area contributed by atoms with E-state index < -0.39 is 10.3 Å². The van der Waals surface area contributed by atoms with Gasteiger partial charge in [0.05, 0.1) is 17.2 Å². The highest BCUT2D eigenvalue weighted by Crippen LogP contribution is 2.59. The van der Waals surface area contributed by atoms with Gasteiger partial charge in [0.1, 0.15) is 0 Å². The van der Waals surface area contributed by atoms with Crippen LogP contribution in [-0.4, -0.2) is 27.9 Å². The highest BCUT2D eigenvalue weighted by atomic mass is 32.2. The van der Waals surface area contributed by atoms with Crippen molar-refractivity contribution < 1.29 is 14.3 Å². The van der Waals surface area contributed by atoms with Gasteiger partial charge in [-0.2, -0.15) is 5.10 Å². The van der Waals surface area contributed by atoms with E-state index in [2.05, 4.69) is 0 Å². The highest BCUT2D eigenvalue weighted by Gasteiger charge is 2.60. The fourth-order valence-corrected chi connectivity index (χ4v) is 6.84. The number of esters is 1. The van der Waals surface area contributed by atoms with Crippen molar-refractivity contribution in [2.45, 2.75) is 25.1 Å². The molecule has 5 rings (SSSR count). The Morgan fingerprint density at radius 2 is 1.56 bits per heavy atom. The van der Waals surface area contributed by atoms with Crippen molar-refractivity contribution in [2.75, 3.05) is 16.5 Å². The molecule has 0 saturated carbocycles. The molecule has 0 bridgehead atoms. The van der Waals surface area contributed by atoms with E-state index in [4.69, 9.17) is 9.84 Å². The smallest absolute Gasteiger partial charge is 0.365 e. The first-order valence-corrected chi connectivity index (χ1v) is 13.2. The Balaban J connectivity index is 1.66. The summed E-state index contributed by atoms with van der Waals surface area (Å²) in [5.74, 6) is -0.662. The van der Waals surface area contributed by atoms with Crippen molar-refractivity contribution in [3.05, 3.63) is 100 Å². The number of aryl methyl sites for hydroxylation is 2. The zero-order valence-electron chi connectivity index (χ0n) is 20.2. The maximum atomic E-state index is 14.0. The number of benzene rings is 3. The van der Waals surface area contributed by atoms with Gasteiger partial charge in [0.2, 0.25) is 9.37 Å². The summed E-state index contributed by atoms with van der Waals surface area (Å²) in [7, 11) is 0. The molecule has 3 aromatic carbocycles. The molecule has 0 N–H and O–H groups in total. The van der Waals surface area contributed by atoms with E-state index in [1.54, 1.807) is 16.8 Å². The molecular weight excluding hydrogens is 490 g/mol. The summed E-state index contributed by atoms with van der Waals surface area (Å²) in [6, 6.07) is 25.4. The van der Waals surface area contributed by atoms with Crippen LogP contribution in [0.3, 0.4) is 0 Å². The van der Waals surface area contributed by atoms with Crippen molar-refractivity contribution in [3.8, 4) is 0 Å². The summed E-state index contributed by atoms with van der Waals surface area (Å²) in [6.45, 7) is 6.04. The number of nitrogens with zero attached hydrogens (tertiary/aromatic N) is 3. The van der Waals surface area contributed by atoms with Crippen molar-refractivity contribution in [1.82, 2.24) is 0 Å². The van der Waals surface area contributed by atoms with Gasteiger partial charge in [0.25, 0.3) is 5.91 Å². The SMILES string of the molecule is CCOC(=O)C1=NN(c2ccc(C)cc2)C2(S1)S/C(=C\c1ccc(C)cc1)C(=O)N2c1ccccc1. The van der Waals surface area contributed by atoms with Gasteiger partial charge in [-0.05, 0) is 68.4 Å². The number of anilines is 2. The maximum absolute atomic E-state index is 14.0. The van der Waals surface area contributed by atoms with Crippen LogP contribution in [0.1, 0.15) is 23.6 Å². The van der Waals surface area contributed by atoms with E-state index in [1.807, 2.05) is 98.8 Å². The third kappa shape index (κ3) is 4.42. The van der Waals surface area contributed by atoms with Crippen molar-refractivity contribution in [1.29, 1.82) is 0 Å². The van der Waals surface area contributed by atoms with E-state index in [1.165, 1.54) is 23.5 Å². The minimum absolute atomic E-state index is 0.156. The normalized spacial score (nSPS) is 20.4. The first-order valence-electron chi connectivity index (χ1n) is 11.6. The minimum atomic E-state index is -1.08. The second-order valence-electron chi connectivity index (χ2n) is 8.42. The van der Waals surface area contributed by atoms with Crippen LogP contribution in [0.4, 0.5) is 11.4 Å². The Morgan fingerprint density at radius 1 is 0.917 bits per heavy atom. The van der Waals surface area contributed by atoms with Crippen LogP contribution in [0.2, 0.25) is 0 Å². The second-order valence-corrected chi connectivity index (χ2v) is 11.1. The number of ether oxygens (including phenoxy) is 1. The average Bonchev–Trinajstić information content (AvgIpc) is 3.39. The summed E-state index contributed by atoms with van der Waals surface area (Å²) in [5, 5.41) is 6.66. The van der Waals surface area contributed by atoms with E-state index in [9.17, 15) is 9.59 Å². The van der Waals surface area contributed by atoms with Crippen LogP contribution in [0, 0.1) is 13.8 Å². The molecule has 1 spiro atoms. The molecule has 182 valence electrons. The second kappa shape index (κ2) is 9.87. The van der Waals surface area contributed by atoms with Crippen molar-refractivity contribution >= 4 is 57.9 Å². The van der Waals surface area contributed by atoms with E-state index in [0.29, 0.717) is 10.6 Å². The number of hydrogen-bond donors (Lipinski definition) is 0. The molecule has 2 aliphatic heterocycles. The molecule has 2 aliphatic rings. The number of hydrogen-bond acceptors (Lipinski definition) is 7. The van der Waals surface area contributed by atoms with E-state index in [0.717, 1.165) is 22.4 Å². The lowest BCUT2D eigenvalue weighted by Crippen LogP contribution is -2.51. The zero-order valence-corrected chi connectivity index (χ0v) is 21.8. The molecule has 1 amide bonds. The summed E-state index contributed by atoms with van der Waals surface area (Å²) in [4.78, 5) is 29.1. The molecular formula is C28H25N3O3S2. The quantitative estimate of drug-likeness (QED) is 0.299. The summed E-state index contributed by atoms with van der Waals surface area (Å²) in [6.07, 6.45) is 1.90. The minimum Gasteiger partial charge on any atom is -0.461 e. The predicted molar refractivity (Wildman–Crippen MR) is 149 cm³/mol. The largest absolute Gasteiger partial charge is 0.461 e. The molecule has 1 fully saturated rings. The predicted octanol–water partition coefficient (Wildman–Crippen LogP) is 6.17. The van der Waals surface area contributed by atoms with Gasteiger partial charge in [-0.1, -0.05) is 77.5 Å². The van der Waals surface area contributed by atoms with E-state index >= 15 is 0 Å². The number of para-hydroxylation sites is 1. The Labute approximate surface area is 219 Å². The lowest BCUT2D eigenvalue weighted by molar-refractivity contribution is -0.134. The summed E-state index contributed by atoms with van der Waals surface area (Å²) in [5.41, 5.74) is 4.66. The summed E-state index contributed by atoms with van der Waals surface area (Å²) >= 11 is 2.61. The zero-order chi connectivity index (χ0) is 25.3. The molecule has 8 heteroatoms. The van der Waals surface area contributed by atoms with Gasteiger partial charge in [0.15, 0.2) is 0 Å². The van der Waals surface area contributed by atoms with Crippen molar-refractivity contribution in [3.63, 3.8) is 0 Å². The first kappa shape index (κ1) is 24.2. The summed E-state index contributed by atoms with van der Waals surface area (Å²) < 4.78 is 4.21. The van der Waals surface area contributed by atoms with Gasteiger partial charge in [0, 0.05) is 5.69 Å². The van der Waals surface area contributed by atoms with Crippen LogP contribution in [-0.2, 0) is 14.3 Å². The molecule has 6 nitrogen and oxygen atoms in total. The number of amides is 1. The Kier molecular flexibility index (Phi) is 6.64. The fraction of sp³-hybridized carbons (Fsp3) is 0.179. The standard InChI is InChI=1S/C28H25N3O3S2/c1-4-34-27(33)25-29-31(23-16-12-20(3)13-17-23)28(36-25)30(22-8-6-5-7-9-22)26(32)24(35-28)18-21-14-10-19(2)11-15-21/h5-18H,4H2,1-3H3/b24-18-. The Bertz CT molecular complexity index is 1360. The molecule has 1 saturated heterocycles. The average molecular weight is 516 g/mol. The lowest BCUT2D eigenvalue weighted by atomic mass is 10.1. The molecule has 0 aromatic heterocycles.